The molecule has 0 aromatic heterocycles. The molecule has 1 N–H and O–H groups in total. The lowest BCUT2D eigenvalue weighted by atomic mass is 10.1. The van der Waals surface area contributed by atoms with Gasteiger partial charge in [-0.15, -0.1) is 0 Å². The summed E-state index contributed by atoms with van der Waals surface area (Å²) in [5.74, 6) is -1.23. The second-order valence-electron chi connectivity index (χ2n) is 4.36. The van der Waals surface area contributed by atoms with Crippen molar-refractivity contribution in [2.24, 2.45) is 0 Å². The Morgan fingerprint density at radius 1 is 1.29 bits per heavy atom. The van der Waals surface area contributed by atoms with Crippen LogP contribution in [0.4, 0.5) is 15.8 Å². The molecule has 0 spiro atoms. The minimum Gasteiger partial charge on any atom is -0.319 e. The van der Waals surface area contributed by atoms with Crippen LogP contribution in [-0.2, 0) is 0 Å². The van der Waals surface area contributed by atoms with E-state index in [0.717, 1.165) is 6.07 Å². The number of nitrogens with one attached hydrogen (secondary N) is 1. The molecule has 0 heterocycles. The van der Waals surface area contributed by atoms with Gasteiger partial charge in [-0.25, -0.2) is 4.39 Å². The van der Waals surface area contributed by atoms with Gasteiger partial charge in [0, 0.05) is 11.6 Å². The van der Waals surface area contributed by atoms with Crippen LogP contribution in [0, 0.1) is 22.9 Å². The molecule has 0 atom stereocenters. The lowest BCUT2D eigenvalue weighted by Crippen LogP contribution is -2.13. The summed E-state index contributed by atoms with van der Waals surface area (Å²) in [6, 6.07) is 7.97. The lowest BCUT2D eigenvalue weighted by Gasteiger charge is -2.07. The van der Waals surface area contributed by atoms with E-state index in [1.165, 1.54) is 24.3 Å². The molecule has 5 nitrogen and oxygen atoms in total. The van der Waals surface area contributed by atoms with Crippen LogP contribution >= 0.6 is 11.6 Å². The van der Waals surface area contributed by atoms with Crippen LogP contribution in [0.5, 0.6) is 0 Å². The van der Waals surface area contributed by atoms with Gasteiger partial charge >= 0.3 is 0 Å². The number of carbonyl (C=O) groups excluding carboxylic acids is 1. The summed E-state index contributed by atoms with van der Waals surface area (Å²) in [5.41, 5.74) is 0.357. The fourth-order valence-corrected chi connectivity index (χ4v) is 1.90. The highest BCUT2D eigenvalue weighted by Gasteiger charge is 2.17. The standard InChI is InChI=1S/C14H10ClFN2O3/c1-8-2-5-12(11(16)6-8)17-14(19)9-3-4-10(15)13(7-9)18(20)21/h2-7H,1H3,(H,17,19). The number of nitrogens with zero attached hydrogens (tertiary/aromatic N) is 1. The molecule has 2 aromatic carbocycles. The predicted molar refractivity (Wildman–Crippen MR) is 77.2 cm³/mol. The van der Waals surface area contributed by atoms with E-state index in [4.69, 9.17) is 11.6 Å². The first-order valence-electron chi connectivity index (χ1n) is 5.90. The second kappa shape index (κ2) is 5.88. The summed E-state index contributed by atoms with van der Waals surface area (Å²) in [6.07, 6.45) is 0. The van der Waals surface area contributed by atoms with Gasteiger partial charge in [0.2, 0.25) is 0 Å². The van der Waals surface area contributed by atoms with Crippen molar-refractivity contribution in [3.05, 3.63) is 68.5 Å². The average molecular weight is 309 g/mol. The molecule has 2 aromatic rings. The number of hydrogen-bond acceptors (Lipinski definition) is 3. The molecule has 7 heteroatoms. The topological polar surface area (TPSA) is 72.2 Å². The number of nitro groups is 1. The Morgan fingerprint density at radius 2 is 2.00 bits per heavy atom. The van der Waals surface area contributed by atoms with Gasteiger partial charge < -0.3 is 5.32 Å². The number of amides is 1. The molecular weight excluding hydrogens is 299 g/mol. The number of carbonyl (C=O) groups is 1. The average Bonchev–Trinajstić information content (AvgIpc) is 2.42. The van der Waals surface area contributed by atoms with E-state index < -0.39 is 16.6 Å². The molecule has 0 bridgehead atoms. The summed E-state index contributed by atoms with van der Waals surface area (Å²) in [6.45, 7) is 1.72. The van der Waals surface area contributed by atoms with Crippen molar-refractivity contribution in [1.29, 1.82) is 0 Å². The van der Waals surface area contributed by atoms with E-state index in [9.17, 15) is 19.3 Å². The van der Waals surface area contributed by atoms with Crippen LogP contribution in [0.15, 0.2) is 36.4 Å². The molecule has 0 saturated carbocycles. The number of rotatable bonds is 3. The van der Waals surface area contributed by atoms with Crippen molar-refractivity contribution in [1.82, 2.24) is 0 Å². The lowest BCUT2D eigenvalue weighted by molar-refractivity contribution is -0.384. The van der Waals surface area contributed by atoms with Crippen molar-refractivity contribution in [2.45, 2.75) is 6.92 Å². The zero-order valence-corrected chi connectivity index (χ0v) is 11.6. The summed E-state index contributed by atoms with van der Waals surface area (Å²) in [5, 5.41) is 13.1. The van der Waals surface area contributed by atoms with Crippen molar-refractivity contribution in [2.75, 3.05) is 5.32 Å². The van der Waals surface area contributed by atoms with Gasteiger partial charge in [-0.3, -0.25) is 14.9 Å². The van der Waals surface area contributed by atoms with Crippen LogP contribution in [0.2, 0.25) is 5.02 Å². The molecule has 21 heavy (non-hydrogen) atoms. The quantitative estimate of drug-likeness (QED) is 0.689. The summed E-state index contributed by atoms with van der Waals surface area (Å²) >= 11 is 5.67. The van der Waals surface area contributed by atoms with Gasteiger partial charge in [-0.1, -0.05) is 17.7 Å². The van der Waals surface area contributed by atoms with Crippen LogP contribution in [0.25, 0.3) is 0 Å². The maximum Gasteiger partial charge on any atom is 0.288 e. The largest absolute Gasteiger partial charge is 0.319 e. The highest BCUT2D eigenvalue weighted by molar-refractivity contribution is 6.32. The molecule has 0 unspecified atom stereocenters. The highest BCUT2D eigenvalue weighted by Crippen LogP contribution is 2.25. The first kappa shape index (κ1) is 14.9. The smallest absolute Gasteiger partial charge is 0.288 e. The number of aryl methyl sites for hydroxylation is 1. The summed E-state index contributed by atoms with van der Waals surface area (Å²) in [7, 11) is 0. The van der Waals surface area contributed by atoms with Gasteiger partial charge in [-0.05, 0) is 36.8 Å². The zero-order chi connectivity index (χ0) is 15.6. The van der Waals surface area contributed by atoms with Gasteiger partial charge in [0.25, 0.3) is 11.6 Å². The Balaban J connectivity index is 2.28. The maximum absolute atomic E-state index is 13.7. The third-order valence-electron chi connectivity index (χ3n) is 2.78. The van der Waals surface area contributed by atoms with Crippen molar-refractivity contribution in [3.63, 3.8) is 0 Å². The van der Waals surface area contributed by atoms with Crippen molar-refractivity contribution < 1.29 is 14.1 Å². The van der Waals surface area contributed by atoms with Gasteiger partial charge in [0.15, 0.2) is 0 Å². The Labute approximate surface area is 124 Å². The van der Waals surface area contributed by atoms with Crippen LogP contribution in [0.1, 0.15) is 15.9 Å². The van der Waals surface area contributed by atoms with Crippen molar-refractivity contribution >= 4 is 28.9 Å². The van der Waals surface area contributed by atoms with Gasteiger partial charge in [0.1, 0.15) is 10.8 Å². The molecular formula is C14H10ClFN2O3. The number of hydrogen-bond donors (Lipinski definition) is 1. The van der Waals surface area contributed by atoms with E-state index in [-0.39, 0.29) is 22.0 Å². The zero-order valence-electron chi connectivity index (χ0n) is 10.9. The molecule has 108 valence electrons. The Morgan fingerprint density at radius 3 is 2.62 bits per heavy atom. The first-order chi connectivity index (χ1) is 9.88. The second-order valence-corrected chi connectivity index (χ2v) is 4.77. The monoisotopic (exact) mass is 308 g/mol. The van der Waals surface area contributed by atoms with E-state index in [2.05, 4.69) is 5.32 Å². The molecule has 0 fully saturated rings. The minimum atomic E-state index is -0.689. The normalized spacial score (nSPS) is 10.2. The highest BCUT2D eigenvalue weighted by atomic mass is 35.5. The molecule has 0 aliphatic carbocycles. The minimum absolute atomic E-state index is 0.00297. The van der Waals surface area contributed by atoms with E-state index in [0.29, 0.717) is 5.56 Å². The Hall–Kier alpha value is -2.47. The molecule has 0 aliphatic rings. The van der Waals surface area contributed by atoms with E-state index in [1.807, 2.05) is 0 Å². The molecule has 0 aliphatic heterocycles. The van der Waals surface area contributed by atoms with Crippen molar-refractivity contribution in [3.8, 4) is 0 Å². The third-order valence-corrected chi connectivity index (χ3v) is 3.10. The Bertz CT molecular complexity index is 734. The van der Waals surface area contributed by atoms with E-state index in [1.54, 1.807) is 13.0 Å². The number of halogens is 2. The molecule has 1 amide bonds. The Kier molecular flexibility index (Phi) is 4.18. The maximum atomic E-state index is 13.7. The number of nitro benzene ring substituents is 1. The molecule has 0 saturated heterocycles. The van der Waals surface area contributed by atoms with Crippen LogP contribution < -0.4 is 5.32 Å². The van der Waals surface area contributed by atoms with Gasteiger partial charge in [0.05, 0.1) is 10.6 Å². The predicted octanol–water partition coefficient (Wildman–Crippen LogP) is 3.95. The molecule has 2 rings (SSSR count). The SMILES string of the molecule is Cc1ccc(NC(=O)c2ccc(Cl)c([N+](=O)[O-])c2)c(F)c1. The first-order valence-corrected chi connectivity index (χ1v) is 6.27. The van der Waals surface area contributed by atoms with Crippen LogP contribution in [0.3, 0.4) is 0 Å². The van der Waals surface area contributed by atoms with Crippen LogP contribution in [-0.4, -0.2) is 10.8 Å². The van der Waals surface area contributed by atoms with E-state index >= 15 is 0 Å². The number of anilines is 1. The summed E-state index contributed by atoms with van der Waals surface area (Å²) in [4.78, 5) is 22.1. The molecule has 0 radical (unpaired) electrons. The van der Waals surface area contributed by atoms with Gasteiger partial charge in [-0.2, -0.15) is 0 Å². The number of benzene rings is 2. The fraction of sp³-hybridized carbons (Fsp3) is 0.0714. The summed E-state index contributed by atoms with van der Waals surface area (Å²) < 4.78 is 13.7. The fourth-order valence-electron chi connectivity index (χ4n) is 1.71. The third kappa shape index (κ3) is 3.35.